The number of methoxy groups -OCH3 is 1. The van der Waals surface area contributed by atoms with Crippen LogP contribution in [0, 0.1) is 18.8 Å². The van der Waals surface area contributed by atoms with Crippen molar-refractivity contribution in [2.24, 2.45) is 11.8 Å². The number of hydrogen-bond donors (Lipinski definition) is 0. The van der Waals surface area contributed by atoms with Crippen molar-refractivity contribution in [2.45, 2.75) is 79.6 Å². The van der Waals surface area contributed by atoms with Crippen LogP contribution in [0.15, 0.2) is 30.0 Å². The number of aryl methyl sites for hydroxylation is 1. The van der Waals surface area contributed by atoms with Crippen LogP contribution in [0.25, 0.3) is 5.57 Å². The van der Waals surface area contributed by atoms with E-state index in [4.69, 9.17) is 4.74 Å². The lowest BCUT2D eigenvalue weighted by Crippen LogP contribution is -2.10. The second-order valence-electron chi connectivity index (χ2n) is 8.39. The van der Waals surface area contributed by atoms with E-state index in [9.17, 15) is 9.59 Å². The molecule has 166 valence electrons. The van der Waals surface area contributed by atoms with Crippen molar-refractivity contribution >= 4 is 17.8 Å². The fraction of sp³-hybridized carbons (Fsp3) is 0.577. The molecular weight excluding hydrogens is 374 g/mol. The molecule has 1 aromatic heterocycles. The molecule has 0 saturated heterocycles. The Morgan fingerprint density at radius 3 is 2.50 bits per heavy atom. The van der Waals surface area contributed by atoms with Crippen LogP contribution in [0.3, 0.4) is 0 Å². The maximum Gasteiger partial charge on any atom is 0.305 e. The van der Waals surface area contributed by atoms with Crippen LogP contribution in [-0.4, -0.2) is 24.3 Å². The first-order chi connectivity index (χ1) is 14.3. The Kier molecular flexibility index (Phi) is 12.0. The van der Waals surface area contributed by atoms with Crippen LogP contribution >= 0.6 is 0 Å². The van der Waals surface area contributed by atoms with E-state index in [1.165, 1.54) is 18.3 Å². The molecule has 1 aromatic rings. The number of rotatable bonds is 13. The van der Waals surface area contributed by atoms with Gasteiger partial charge in [0.2, 0.25) is 0 Å². The average Bonchev–Trinajstić information content (AvgIpc) is 2.75. The van der Waals surface area contributed by atoms with Crippen LogP contribution in [0.1, 0.15) is 94.3 Å². The van der Waals surface area contributed by atoms with Gasteiger partial charge >= 0.3 is 5.97 Å². The largest absolute Gasteiger partial charge is 0.469 e. The second kappa shape index (κ2) is 13.9. The van der Waals surface area contributed by atoms with Crippen LogP contribution in [0.2, 0.25) is 0 Å². The van der Waals surface area contributed by atoms with Crippen molar-refractivity contribution in [2.75, 3.05) is 7.11 Å². The van der Waals surface area contributed by atoms with Crippen molar-refractivity contribution < 1.29 is 14.3 Å². The highest BCUT2D eigenvalue weighted by molar-refractivity contribution is 5.76. The molecule has 2 atom stereocenters. The quantitative estimate of drug-likeness (QED) is 0.204. The molecule has 0 spiro atoms. The normalized spacial score (nSPS) is 14.3. The number of hydrogen-bond acceptors (Lipinski definition) is 4. The summed E-state index contributed by atoms with van der Waals surface area (Å²) in [6, 6.07) is 1.89. The zero-order chi connectivity index (χ0) is 22.5. The second-order valence-corrected chi connectivity index (χ2v) is 8.39. The van der Waals surface area contributed by atoms with Crippen molar-refractivity contribution in [3.8, 4) is 0 Å². The Hall–Kier alpha value is -2.23. The lowest BCUT2D eigenvalue weighted by atomic mass is 9.90. The molecule has 0 fully saturated rings. The van der Waals surface area contributed by atoms with Gasteiger partial charge in [0.25, 0.3) is 0 Å². The molecule has 0 bridgehead atoms. The number of allylic oxidation sites excluding steroid dienone is 4. The summed E-state index contributed by atoms with van der Waals surface area (Å²) >= 11 is 0. The van der Waals surface area contributed by atoms with E-state index in [0.717, 1.165) is 56.1 Å². The molecule has 2 unspecified atom stereocenters. The van der Waals surface area contributed by atoms with Gasteiger partial charge in [-0.25, -0.2) is 0 Å². The molecule has 0 aromatic carbocycles. The maximum absolute atomic E-state index is 11.5. The van der Waals surface area contributed by atoms with Crippen LogP contribution in [0.5, 0.6) is 0 Å². The fourth-order valence-electron chi connectivity index (χ4n) is 3.60. The zero-order valence-corrected chi connectivity index (χ0v) is 19.7. The van der Waals surface area contributed by atoms with Crippen molar-refractivity contribution in [1.29, 1.82) is 0 Å². The minimum atomic E-state index is -0.0997. The highest BCUT2D eigenvalue weighted by Crippen LogP contribution is 2.24. The predicted molar refractivity (Wildman–Crippen MR) is 124 cm³/mol. The van der Waals surface area contributed by atoms with Gasteiger partial charge in [-0.1, -0.05) is 51.3 Å². The summed E-state index contributed by atoms with van der Waals surface area (Å²) < 4.78 is 4.80. The minimum Gasteiger partial charge on any atom is -0.469 e. The Morgan fingerprint density at radius 1 is 1.20 bits per heavy atom. The lowest BCUT2D eigenvalue weighted by molar-refractivity contribution is -0.141. The van der Waals surface area contributed by atoms with Crippen molar-refractivity contribution in [3.05, 3.63) is 46.8 Å². The molecule has 1 rings (SSSR count). The molecule has 0 N–H and O–H groups in total. The van der Waals surface area contributed by atoms with E-state index < -0.39 is 0 Å². The van der Waals surface area contributed by atoms with E-state index in [1.54, 1.807) is 6.20 Å². The summed E-state index contributed by atoms with van der Waals surface area (Å²) in [6.07, 6.45) is 13.7. The number of aldehydes is 1. The molecule has 0 aliphatic rings. The van der Waals surface area contributed by atoms with Crippen LogP contribution in [0.4, 0.5) is 0 Å². The predicted octanol–water partition coefficient (Wildman–Crippen LogP) is 6.73. The monoisotopic (exact) mass is 413 g/mol. The lowest BCUT2D eigenvalue weighted by Gasteiger charge is -2.17. The van der Waals surface area contributed by atoms with Crippen molar-refractivity contribution in [3.63, 3.8) is 0 Å². The van der Waals surface area contributed by atoms with Gasteiger partial charge in [0.05, 0.1) is 12.8 Å². The molecule has 1 heterocycles. The first kappa shape index (κ1) is 25.8. The smallest absolute Gasteiger partial charge is 0.305 e. The topological polar surface area (TPSA) is 56.3 Å². The number of pyridine rings is 1. The molecule has 30 heavy (non-hydrogen) atoms. The van der Waals surface area contributed by atoms with Gasteiger partial charge in [-0.15, -0.1) is 0 Å². The summed E-state index contributed by atoms with van der Waals surface area (Å²) in [4.78, 5) is 26.9. The van der Waals surface area contributed by atoms with Crippen molar-refractivity contribution in [1.82, 2.24) is 4.98 Å². The number of carbonyl (C=O) groups is 2. The number of nitrogens with zero attached hydrogens (tertiary/aromatic N) is 1. The number of ether oxygens (including phenoxy) is 1. The summed E-state index contributed by atoms with van der Waals surface area (Å²) in [5.41, 5.74) is 5.16. The minimum absolute atomic E-state index is 0.0997. The van der Waals surface area contributed by atoms with E-state index in [-0.39, 0.29) is 5.97 Å². The zero-order valence-electron chi connectivity index (χ0n) is 19.7. The highest BCUT2D eigenvalue weighted by Gasteiger charge is 2.14. The number of aromatic nitrogens is 1. The number of carbonyl (C=O) groups excluding carboxylic acids is 2. The Morgan fingerprint density at radius 2 is 1.93 bits per heavy atom. The van der Waals surface area contributed by atoms with Crippen LogP contribution in [-0.2, 0) is 9.53 Å². The van der Waals surface area contributed by atoms with E-state index >= 15 is 0 Å². The van der Waals surface area contributed by atoms with E-state index in [0.29, 0.717) is 23.8 Å². The maximum atomic E-state index is 11.5. The average molecular weight is 414 g/mol. The molecular formula is C26H39NO3. The van der Waals surface area contributed by atoms with Gasteiger partial charge in [-0.2, -0.15) is 0 Å². The van der Waals surface area contributed by atoms with Gasteiger partial charge in [-0.05, 0) is 68.6 Å². The number of esters is 1. The van der Waals surface area contributed by atoms with Crippen LogP contribution < -0.4 is 0 Å². The molecule has 4 heteroatoms. The SMILES string of the molecule is CCC(=CC=C(C)CCC(C)CCC(CC)CC(=O)OC)c1ncc(C=O)cc1C. The first-order valence-corrected chi connectivity index (χ1v) is 11.2. The third kappa shape index (κ3) is 9.06. The Balaban J connectivity index is 2.60. The third-order valence-corrected chi connectivity index (χ3v) is 5.85. The molecule has 0 aliphatic carbocycles. The standard InChI is InChI=1S/C26H39NO3/c1-7-22(16-25(29)30-6)13-11-19(3)9-10-20(4)12-14-24(8-2)26-21(5)15-23(18-28)17-27-26/h12,14-15,17-19,22H,7-11,13,16H2,1-6H3. The van der Waals surface area contributed by atoms with Gasteiger partial charge < -0.3 is 4.74 Å². The summed E-state index contributed by atoms with van der Waals surface area (Å²) in [5, 5.41) is 0. The Labute approximate surface area is 182 Å². The van der Waals surface area contributed by atoms with Gasteiger partial charge in [0.1, 0.15) is 0 Å². The molecule has 4 nitrogen and oxygen atoms in total. The van der Waals surface area contributed by atoms with Gasteiger partial charge in [0.15, 0.2) is 6.29 Å². The fourth-order valence-corrected chi connectivity index (χ4v) is 3.60. The summed E-state index contributed by atoms with van der Waals surface area (Å²) in [6.45, 7) is 10.8. The highest BCUT2D eigenvalue weighted by atomic mass is 16.5. The Bertz CT molecular complexity index is 749. The molecule has 0 aliphatic heterocycles. The summed E-state index contributed by atoms with van der Waals surface area (Å²) in [5.74, 6) is 0.958. The van der Waals surface area contributed by atoms with Gasteiger partial charge in [0, 0.05) is 18.2 Å². The first-order valence-electron chi connectivity index (χ1n) is 11.2. The van der Waals surface area contributed by atoms with E-state index in [2.05, 4.69) is 44.8 Å². The van der Waals surface area contributed by atoms with Gasteiger partial charge in [-0.3, -0.25) is 14.6 Å². The molecule has 0 amide bonds. The molecule has 0 radical (unpaired) electrons. The van der Waals surface area contributed by atoms with E-state index in [1.807, 2.05) is 13.0 Å². The summed E-state index contributed by atoms with van der Waals surface area (Å²) in [7, 11) is 1.46. The molecule has 0 saturated carbocycles. The third-order valence-electron chi connectivity index (χ3n) is 5.85.